The molecular formula is C18H15ClN4O2. The molecule has 0 aliphatic heterocycles. The van der Waals surface area contributed by atoms with Crippen molar-refractivity contribution >= 4 is 35.0 Å². The number of aromatic carboxylic acids is 1. The Kier molecular flexibility index (Phi) is 5.11. The van der Waals surface area contributed by atoms with Gasteiger partial charge in [0.15, 0.2) is 0 Å². The average Bonchev–Trinajstić information content (AvgIpc) is 2.62. The van der Waals surface area contributed by atoms with Gasteiger partial charge in [0.05, 0.1) is 5.56 Å². The predicted octanol–water partition coefficient (Wildman–Crippen LogP) is 4.18. The summed E-state index contributed by atoms with van der Waals surface area (Å²) in [5.74, 6) is 0.140. The van der Waals surface area contributed by atoms with Crippen LogP contribution in [0.2, 0.25) is 5.02 Å². The number of nitrogens with zero attached hydrogens (tertiary/aromatic N) is 2. The number of hydrogen-bond acceptors (Lipinski definition) is 5. The van der Waals surface area contributed by atoms with Crippen LogP contribution in [-0.4, -0.2) is 21.0 Å². The number of benzene rings is 2. The quantitative estimate of drug-likeness (QED) is 0.615. The summed E-state index contributed by atoms with van der Waals surface area (Å²) in [6.45, 7) is 0.577. The summed E-state index contributed by atoms with van der Waals surface area (Å²) in [6.07, 6.45) is 1.64. The monoisotopic (exact) mass is 354 g/mol. The first-order chi connectivity index (χ1) is 12.1. The molecule has 25 heavy (non-hydrogen) atoms. The van der Waals surface area contributed by atoms with Gasteiger partial charge in [-0.05, 0) is 48.0 Å². The van der Waals surface area contributed by atoms with E-state index in [0.29, 0.717) is 23.3 Å². The number of nitrogens with one attached hydrogen (secondary N) is 2. The molecule has 0 saturated carbocycles. The third-order valence-corrected chi connectivity index (χ3v) is 3.68. The molecule has 3 aromatic rings. The van der Waals surface area contributed by atoms with Crippen molar-refractivity contribution in [2.45, 2.75) is 6.54 Å². The number of hydrogen-bond donors (Lipinski definition) is 3. The molecule has 3 rings (SSSR count). The Morgan fingerprint density at radius 2 is 1.76 bits per heavy atom. The summed E-state index contributed by atoms with van der Waals surface area (Å²) in [7, 11) is 0. The van der Waals surface area contributed by atoms with Crippen molar-refractivity contribution < 1.29 is 9.90 Å². The highest BCUT2D eigenvalue weighted by Crippen LogP contribution is 2.16. The van der Waals surface area contributed by atoms with Gasteiger partial charge in [0.2, 0.25) is 5.95 Å². The Morgan fingerprint density at radius 1 is 1.04 bits per heavy atom. The van der Waals surface area contributed by atoms with E-state index in [2.05, 4.69) is 20.6 Å². The SMILES string of the molecule is O=C(O)c1ccc(Nc2ccnc(NCc3ccc(Cl)cc3)n2)cc1. The van der Waals surface area contributed by atoms with Crippen LogP contribution in [0.5, 0.6) is 0 Å². The van der Waals surface area contributed by atoms with Crippen LogP contribution in [0, 0.1) is 0 Å². The van der Waals surface area contributed by atoms with Crippen LogP contribution in [0.15, 0.2) is 60.8 Å². The van der Waals surface area contributed by atoms with E-state index in [-0.39, 0.29) is 5.56 Å². The van der Waals surface area contributed by atoms with Crippen molar-refractivity contribution in [1.82, 2.24) is 9.97 Å². The molecule has 0 unspecified atom stereocenters. The van der Waals surface area contributed by atoms with Gasteiger partial charge in [-0.3, -0.25) is 0 Å². The van der Waals surface area contributed by atoms with Gasteiger partial charge in [-0.25, -0.2) is 9.78 Å². The standard InChI is InChI=1S/C18H15ClN4O2/c19-14-5-1-12(2-6-14)11-21-18-20-10-9-16(23-18)22-15-7-3-13(4-8-15)17(24)25/h1-10H,11H2,(H,24,25)(H2,20,21,22,23). The van der Waals surface area contributed by atoms with Gasteiger partial charge in [0, 0.05) is 23.5 Å². The summed E-state index contributed by atoms with van der Waals surface area (Å²) in [5, 5.41) is 15.9. The second-order valence-electron chi connectivity index (χ2n) is 5.25. The number of carbonyl (C=O) groups is 1. The van der Waals surface area contributed by atoms with Crippen LogP contribution < -0.4 is 10.6 Å². The highest BCUT2D eigenvalue weighted by molar-refractivity contribution is 6.30. The molecule has 0 bridgehead atoms. The summed E-state index contributed by atoms with van der Waals surface area (Å²) in [6, 6.07) is 15.7. The second kappa shape index (κ2) is 7.63. The molecule has 2 aromatic carbocycles. The first-order valence-electron chi connectivity index (χ1n) is 7.52. The smallest absolute Gasteiger partial charge is 0.335 e. The molecule has 126 valence electrons. The number of aromatic nitrogens is 2. The Bertz CT molecular complexity index is 867. The Morgan fingerprint density at radius 3 is 2.44 bits per heavy atom. The predicted molar refractivity (Wildman–Crippen MR) is 97.5 cm³/mol. The van der Waals surface area contributed by atoms with Crippen LogP contribution in [0.3, 0.4) is 0 Å². The fourth-order valence-corrected chi connectivity index (χ4v) is 2.27. The number of rotatable bonds is 6. The molecule has 7 heteroatoms. The Labute approximate surface area is 149 Å². The molecule has 0 amide bonds. The summed E-state index contributed by atoms with van der Waals surface area (Å²) < 4.78 is 0. The summed E-state index contributed by atoms with van der Waals surface area (Å²) in [5.41, 5.74) is 2.04. The fraction of sp³-hybridized carbons (Fsp3) is 0.0556. The lowest BCUT2D eigenvalue weighted by Gasteiger charge is -2.09. The van der Waals surface area contributed by atoms with E-state index < -0.39 is 5.97 Å². The third-order valence-electron chi connectivity index (χ3n) is 3.42. The van der Waals surface area contributed by atoms with Crippen LogP contribution >= 0.6 is 11.6 Å². The molecule has 0 saturated heterocycles. The first kappa shape index (κ1) is 16.7. The lowest BCUT2D eigenvalue weighted by Crippen LogP contribution is -2.05. The van der Waals surface area contributed by atoms with E-state index >= 15 is 0 Å². The van der Waals surface area contributed by atoms with Crippen molar-refractivity contribution in [1.29, 1.82) is 0 Å². The van der Waals surface area contributed by atoms with E-state index in [1.807, 2.05) is 24.3 Å². The van der Waals surface area contributed by atoms with Crippen molar-refractivity contribution in [2.24, 2.45) is 0 Å². The number of halogens is 1. The minimum Gasteiger partial charge on any atom is -0.478 e. The second-order valence-corrected chi connectivity index (χ2v) is 5.69. The van der Waals surface area contributed by atoms with Crippen LogP contribution in [-0.2, 0) is 6.54 Å². The highest BCUT2D eigenvalue weighted by atomic mass is 35.5. The average molecular weight is 355 g/mol. The number of carboxylic acid groups (broad SMARTS) is 1. The molecule has 1 heterocycles. The molecule has 0 radical (unpaired) electrons. The lowest BCUT2D eigenvalue weighted by molar-refractivity contribution is 0.0697. The van der Waals surface area contributed by atoms with Gasteiger partial charge in [-0.15, -0.1) is 0 Å². The maximum absolute atomic E-state index is 10.9. The van der Waals surface area contributed by atoms with Crippen molar-refractivity contribution in [3.05, 3.63) is 76.9 Å². The molecule has 3 N–H and O–H groups in total. The maximum Gasteiger partial charge on any atom is 0.335 e. The Hall–Kier alpha value is -3.12. The lowest BCUT2D eigenvalue weighted by atomic mass is 10.2. The molecule has 0 fully saturated rings. The van der Waals surface area contributed by atoms with E-state index in [0.717, 1.165) is 11.3 Å². The highest BCUT2D eigenvalue weighted by Gasteiger charge is 2.03. The van der Waals surface area contributed by atoms with Gasteiger partial charge in [-0.1, -0.05) is 23.7 Å². The zero-order valence-corrected chi connectivity index (χ0v) is 13.9. The maximum atomic E-state index is 10.9. The van der Waals surface area contributed by atoms with Crippen LogP contribution in [0.1, 0.15) is 15.9 Å². The minimum absolute atomic E-state index is 0.235. The van der Waals surface area contributed by atoms with Gasteiger partial charge >= 0.3 is 5.97 Å². The van der Waals surface area contributed by atoms with E-state index in [1.165, 1.54) is 12.1 Å². The molecular weight excluding hydrogens is 340 g/mol. The molecule has 6 nitrogen and oxygen atoms in total. The summed E-state index contributed by atoms with van der Waals surface area (Å²) >= 11 is 5.87. The molecule has 0 spiro atoms. The normalized spacial score (nSPS) is 10.3. The van der Waals surface area contributed by atoms with E-state index in [9.17, 15) is 4.79 Å². The topological polar surface area (TPSA) is 87.1 Å². The molecule has 0 atom stereocenters. The zero-order valence-electron chi connectivity index (χ0n) is 13.1. The van der Waals surface area contributed by atoms with E-state index in [1.54, 1.807) is 24.4 Å². The molecule has 0 aliphatic carbocycles. The first-order valence-corrected chi connectivity index (χ1v) is 7.90. The summed E-state index contributed by atoms with van der Waals surface area (Å²) in [4.78, 5) is 19.4. The van der Waals surface area contributed by atoms with Crippen LogP contribution in [0.4, 0.5) is 17.5 Å². The van der Waals surface area contributed by atoms with Crippen molar-refractivity contribution in [3.8, 4) is 0 Å². The fourth-order valence-electron chi connectivity index (χ4n) is 2.14. The van der Waals surface area contributed by atoms with E-state index in [4.69, 9.17) is 16.7 Å². The van der Waals surface area contributed by atoms with Gasteiger partial charge in [-0.2, -0.15) is 4.98 Å². The molecule has 1 aromatic heterocycles. The van der Waals surface area contributed by atoms with Crippen molar-refractivity contribution in [2.75, 3.05) is 10.6 Å². The van der Waals surface area contributed by atoms with Crippen LogP contribution in [0.25, 0.3) is 0 Å². The van der Waals surface area contributed by atoms with Gasteiger partial charge in [0.1, 0.15) is 5.82 Å². The van der Waals surface area contributed by atoms with Gasteiger partial charge < -0.3 is 15.7 Å². The molecule has 0 aliphatic rings. The minimum atomic E-state index is -0.956. The van der Waals surface area contributed by atoms with Crippen molar-refractivity contribution in [3.63, 3.8) is 0 Å². The van der Waals surface area contributed by atoms with Gasteiger partial charge in [0.25, 0.3) is 0 Å². The number of carboxylic acids is 1. The number of anilines is 3. The Balaban J connectivity index is 1.64. The third kappa shape index (κ3) is 4.68. The zero-order chi connectivity index (χ0) is 17.6. The largest absolute Gasteiger partial charge is 0.478 e.